The summed E-state index contributed by atoms with van der Waals surface area (Å²) in [6.07, 6.45) is 0. The number of hydrogen-bond donors (Lipinski definition) is 1. The van der Waals surface area contributed by atoms with Gasteiger partial charge in [-0.25, -0.2) is 0 Å². The van der Waals surface area contributed by atoms with Gasteiger partial charge in [0.05, 0.1) is 5.56 Å². The summed E-state index contributed by atoms with van der Waals surface area (Å²) in [7, 11) is 0. The summed E-state index contributed by atoms with van der Waals surface area (Å²) in [6, 6.07) is 9.95. The number of nitrogen functional groups attached to an aromatic ring is 1. The lowest BCUT2D eigenvalue weighted by molar-refractivity contribution is 0.374. The second-order valence-electron chi connectivity index (χ2n) is 3.83. The molecule has 0 atom stereocenters. The van der Waals surface area contributed by atoms with Crippen molar-refractivity contribution in [2.45, 2.75) is 19.8 Å². The van der Waals surface area contributed by atoms with Crippen LogP contribution in [0.15, 0.2) is 34.9 Å². The molecule has 2 aromatic rings. The van der Waals surface area contributed by atoms with Gasteiger partial charge in [-0.15, -0.1) is 0 Å². The molecule has 0 bridgehead atoms. The third-order valence-electron chi connectivity index (χ3n) is 2.33. The van der Waals surface area contributed by atoms with Crippen molar-refractivity contribution in [1.29, 1.82) is 0 Å². The first kappa shape index (κ1) is 9.77. The van der Waals surface area contributed by atoms with Crippen molar-refractivity contribution >= 4 is 5.82 Å². The summed E-state index contributed by atoms with van der Waals surface area (Å²) in [5.41, 5.74) is 7.78. The first-order valence-electron chi connectivity index (χ1n) is 5.00. The zero-order valence-electron chi connectivity index (χ0n) is 8.90. The summed E-state index contributed by atoms with van der Waals surface area (Å²) >= 11 is 0. The number of aromatic nitrogens is 1. The fourth-order valence-corrected chi connectivity index (χ4v) is 1.60. The molecule has 0 aliphatic carbocycles. The maximum atomic E-state index is 5.81. The van der Waals surface area contributed by atoms with Gasteiger partial charge in [-0.3, -0.25) is 0 Å². The average Bonchev–Trinajstić information content (AvgIpc) is 2.61. The van der Waals surface area contributed by atoms with Crippen LogP contribution in [-0.2, 0) is 0 Å². The summed E-state index contributed by atoms with van der Waals surface area (Å²) in [5.74, 6) is 1.59. The van der Waals surface area contributed by atoms with E-state index in [1.54, 1.807) is 0 Å². The Labute approximate surface area is 88.9 Å². The van der Waals surface area contributed by atoms with Crippen molar-refractivity contribution in [2.24, 2.45) is 0 Å². The highest BCUT2D eigenvalue weighted by molar-refractivity contribution is 5.75. The Morgan fingerprint density at radius 2 is 1.87 bits per heavy atom. The van der Waals surface area contributed by atoms with Crippen molar-refractivity contribution in [3.63, 3.8) is 0 Å². The van der Waals surface area contributed by atoms with Gasteiger partial charge in [-0.05, 0) is 5.56 Å². The quantitative estimate of drug-likeness (QED) is 0.814. The highest BCUT2D eigenvalue weighted by Gasteiger charge is 2.17. The van der Waals surface area contributed by atoms with E-state index in [1.165, 1.54) is 0 Å². The van der Waals surface area contributed by atoms with Crippen LogP contribution in [0.3, 0.4) is 0 Å². The lowest BCUT2D eigenvalue weighted by Gasteiger charge is -2.04. The van der Waals surface area contributed by atoms with Crippen molar-refractivity contribution < 1.29 is 4.52 Å². The summed E-state index contributed by atoms with van der Waals surface area (Å²) in [4.78, 5) is 0. The molecule has 0 saturated heterocycles. The van der Waals surface area contributed by atoms with Gasteiger partial charge in [-0.2, -0.15) is 0 Å². The van der Waals surface area contributed by atoms with Gasteiger partial charge in [0.2, 0.25) is 0 Å². The van der Waals surface area contributed by atoms with Gasteiger partial charge in [0.1, 0.15) is 5.76 Å². The Bertz CT molecular complexity index is 446. The minimum atomic E-state index is 0.282. The minimum Gasteiger partial charge on any atom is -0.380 e. The minimum absolute atomic E-state index is 0.282. The second kappa shape index (κ2) is 3.77. The molecule has 0 spiro atoms. The smallest absolute Gasteiger partial charge is 0.175 e. The molecule has 0 unspecified atom stereocenters. The predicted molar refractivity (Wildman–Crippen MR) is 60.4 cm³/mol. The van der Waals surface area contributed by atoms with Crippen LogP contribution in [0.2, 0.25) is 0 Å². The van der Waals surface area contributed by atoms with E-state index in [2.05, 4.69) is 19.0 Å². The van der Waals surface area contributed by atoms with Gasteiger partial charge >= 0.3 is 0 Å². The molecule has 2 N–H and O–H groups in total. The molecule has 0 aliphatic heterocycles. The molecule has 15 heavy (non-hydrogen) atoms. The standard InChI is InChI=1S/C12H14N2O/c1-8(2)11-10(12(13)14-15-11)9-6-4-3-5-7-9/h3-8H,1-2H3,(H2,13,14). The van der Waals surface area contributed by atoms with Gasteiger partial charge in [0, 0.05) is 5.92 Å². The average molecular weight is 202 g/mol. The first-order valence-corrected chi connectivity index (χ1v) is 5.00. The van der Waals surface area contributed by atoms with Crippen LogP contribution in [-0.4, -0.2) is 5.16 Å². The zero-order valence-corrected chi connectivity index (χ0v) is 8.90. The Kier molecular flexibility index (Phi) is 2.46. The summed E-state index contributed by atoms with van der Waals surface area (Å²) in [6.45, 7) is 4.12. The first-order chi connectivity index (χ1) is 7.20. The monoisotopic (exact) mass is 202 g/mol. The zero-order chi connectivity index (χ0) is 10.8. The number of nitrogens with two attached hydrogens (primary N) is 1. The van der Waals surface area contributed by atoms with Gasteiger partial charge < -0.3 is 10.3 Å². The van der Waals surface area contributed by atoms with Crippen LogP contribution in [0.25, 0.3) is 11.1 Å². The van der Waals surface area contributed by atoms with Crippen LogP contribution in [0.1, 0.15) is 25.5 Å². The molecule has 0 amide bonds. The Morgan fingerprint density at radius 1 is 1.20 bits per heavy atom. The number of rotatable bonds is 2. The third kappa shape index (κ3) is 1.73. The Balaban J connectivity index is 2.57. The van der Waals surface area contributed by atoms with Crippen LogP contribution in [0, 0.1) is 0 Å². The topological polar surface area (TPSA) is 52.0 Å². The molecule has 2 rings (SSSR count). The molecule has 1 aromatic heterocycles. The van der Waals surface area contributed by atoms with Crippen molar-refractivity contribution in [2.75, 3.05) is 5.73 Å². The van der Waals surface area contributed by atoms with E-state index in [1.807, 2.05) is 30.3 Å². The molecular formula is C12H14N2O. The Hall–Kier alpha value is -1.77. The fourth-order valence-electron chi connectivity index (χ4n) is 1.60. The van der Waals surface area contributed by atoms with Crippen molar-refractivity contribution in [3.05, 3.63) is 36.1 Å². The lowest BCUT2D eigenvalue weighted by Crippen LogP contribution is -1.91. The van der Waals surface area contributed by atoms with E-state index in [0.717, 1.165) is 16.9 Å². The van der Waals surface area contributed by atoms with Crippen LogP contribution in [0.5, 0.6) is 0 Å². The molecule has 3 heteroatoms. The highest BCUT2D eigenvalue weighted by atomic mass is 16.5. The third-order valence-corrected chi connectivity index (χ3v) is 2.33. The maximum absolute atomic E-state index is 5.81. The van der Waals surface area contributed by atoms with E-state index >= 15 is 0 Å². The molecule has 0 saturated carbocycles. The number of anilines is 1. The fraction of sp³-hybridized carbons (Fsp3) is 0.250. The highest BCUT2D eigenvalue weighted by Crippen LogP contribution is 2.33. The molecule has 1 aromatic carbocycles. The van der Waals surface area contributed by atoms with E-state index < -0.39 is 0 Å². The molecular weight excluding hydrogens is 188 g/mol. The number of benzene rings is 1. The molecule has 0 fully saturated rings. The van der Waals surface area contributed by atoms with Crippen molar-refractivity contribution in [1.82, 2.24) is 5.16 Å². The number of nitrogens with zero attached hydrogens (tertiary/aromatic N) is 1. The molecule has 0 radical (unpaired) electrons. The van der Waals surface area contributed by atoms with E-state index in [0.29, 0.717) is 5.82 Å². The van der Waals surface area contributed by atoms with Crippen molar-refractivity contribution in [3.8, 4) is 11.1 Å². The molecule has 78 valence electrons. The number of hydrogen-bond acceptors (Lipinski definition) is 3. The SMILES string of the molecule is CC(C)c1onc(N)c1-c1ccccc1. The normalized spacial score (nSPS) is 10.9. The van der Waals surface area contributed by atoms with E-state index in [4.69, 9.17) is 10.3 Å². The summed E-state index contributed by atoms with van der Waals surface area (Å²) in [5, 5.41) is 3.82. The molecule has 0 aliphatic rings. The van der Waals surface area contributed by atoms with Crippen LogP contribution < -0.4 is 5.73 Å². The van der Waals surface area contributed by atoms with E-state index in [9.17, 15) is 0 Å². The largest absolute Gasteiger partial charge is 0.380 e. The second-order valence-corrected chi connectivity index (χ2v) is 3.83. The Morgan fingerprint density at radius 3 is 2.47 bits per heavy atom. The van der Waals surface area contributed by atoms with Gasteiger partial charge in [0.25, 0.3) is 0 Å². The van der Waals surface area contributed by atoms with Crippen LogP contribution >= 0.6 is 0 Å². The molecule has 1 heterocycles. The van der Waals surface area contributed by atoms with Gasteiger partial charge in [0.15, 0.2) is 5.82 Å². The molecule has 3 nitrogen and oxygen atoms in total. The predicted octanol–water partition coefficient (Wildman–Crippen LogP) is 3.05. The van der Waals surface area contributed by atoms with Gasteiger partial charge in [-0.1, -0.05) is 49.3 Å². The summed E-state index contributed by atoms with van der Waals surface area (Å²) < 4.78 is 5.24. The van der Waals surface area contributed by atoms with Crippen LogP contribution in [0.4, 0.5) is 5.82 Å². The maximum Gasteiger partial charge on any atom is 0.175 e. The lowest BCUT2D eigenvalue weighted by atomic mass is 10.0. The van der Waals surface area contributed by atoms with E-state index in [-0.39, 0.29) is 5.92 Å².